The van der Waals surface area contributed by atoms with E-state index in [9.17, 15) is 4.79 Å². The fourth-order valence-corrected chi connectivity index (χ4v) is 3.67. The van der Waals surface area contributed by atoms with Gasteiger partial charge in [-0.25, -0.2) is 0 Å². The number of nitrogens with two attached hydrogens (primary N) is 1. The molecule has 1 saturated heterocycles. The molecule has 5 N–H and O–H groups in total. The summed E-state index contributed by atoms with van der Waals surface area (Å²) in [7, 11) is 0. The number of rotatable bonds is 4. The monoisotopic (exact) mass is 342 g/mol. The number of benzene rings is 1. The van der Waals surface area contributed by atoms with Crippen molar-refractivity contribution in [2.24, 2.45) is 5.73 Å². The molecular formula is C18H22N4OS. The Morgan fingerprint density at radius 1 is 1.33 bits per heavy atom. The molecule has 0 saturated carbocycles. The maximum atomic E-state index is 11.5. The van der Waals surface area contributed by atoms with Crippen LogP contribution in [0.4, 0.5) is 5.69 Å². The summed E-state index contributed by atoms with van der Waals surface area (Å²) in [5.74, 6) is 0. The second-order valence-electron chi connectivity index (χ2n) is 5.81. The molecule has 0 spiro atoms. The molecular weight excluding hydrogens is 320 g/mol. The van der Waals surface area contributed by atoms with Gasteiger partial charge < -0.3 is 21.4 Å². The van der Waals surface area contributed by atoms with Gasteiger partial charge in [0.2, 0.25) is 0 Å². The minimum absolute atomic E-state index is 0.0541. The third-order valence-corrected chi connectivity index (χ3v) is 5.06. The van der Waals surface area contributed by atoms with Gasteiger partial charge >= 0.3 is 4.87 Å². The van der Waals surface area contributed by atoms with Gasteiger partial charge in [-0.3, -0.25) is 4.79 Å². The Kier molecular flexibility index (Phi) is 5.17. The van der Waals surface area contributed by atoms with Gasteiger partial charge in [0.05, 0.1) is 4.88 Å². The van der Waals surface area contributed by atoms with E-state index in [-0.39, 0.29) is 4.87 Å². The SMILES string of the molecule is C=C/C=c1/cc(-c2c[nH]c(=O)s2)cc(NC2CCNCC2)/c1=C/N. The van der Waals surface area contributed by atoms with Gasteiger partial charge in [-0.1, -0.05) is 30.1 Å². The van der Waals surface area contributed by atoms with Crippen molar-refractivity contribution < 1.29 is 0 Å². The molecule has 1 aromatic heterocycles. The number of thiazole rings is 1. The maximum Gasteiger partial charge on any atom is 0.305 e. The van der Waals surface area contributed by atoms with E-state index in [0.29, 0.717) is 6.04 Å². The first-order valence-corrected chi connectivity index (χ1v) is 8.88. The first kappa shape index (κ1) is 16.5. The molecule has 1 aliphatic rings. The Hall–Kier alpha value is -2.31. The topological polar surface area (TPSA) is 82.9 Å². The predicted molar refractivity (Wildman–Crippen MR) is 102 cm³/mol. The van der Waals surface area contributed by atoms with E-state index in [2.05, 4.69) is 28.3 Å². The van der Waals surface area contributed by atoms with Crippen molar-refractivity contribution in [3.63, 3.8) is 0 Å². The van der Waals surface area contributed by atoms with Crippen LogP contribution in [0.5, 0.6) is 0 Å². The van der Waals surface area contributed by atoms with Crippen LogP contribution in [-0.4, -0.2) is 24.1 Å². The lowest BCUT2D eigenvalue weighted by atomic mass is 10.0. The molecule has 24 heavy (non-hydrogen) atoms. The van der Waals surface area contributed by atoms with Crippen LogP contribution >= 0.6 is 11.3 Å². The zero-order chi connectivity index (χ0) is 16.9. The molecule has 1 fully saturated rings. The van der Waals surface area contributed by atoms with Crippen molar-refractivity contribution in [1.82, 2.24) is 10.3 Å². The summed E-state index contributed by atoms with van der Waals surface area (Å²) in [6, 6.07) is 4.52. The summed E-state index contributed by atoms with van der Waals surface area (Å²) >= 11 is 1.21. The quantitative estimate of drug-likeness (QED) is 0.666. The van der Waals surface area contributed by atoms with Crippen molar-refractivity contribution in [2.45, 2.75) is 18.9 Å². The van der Waals surface area contributed by atoms with Gasteiger partial charge in [-0.2, -0.15) is 0 Å². The Morgan fingerprint density at radius 3 is 2.75 bits per heavy atom. The zero-order valence-corrected chi connectivity index (χ0v) is 14.3. The number of piperidine rings is 1. The third kappa shape index (κ3) is 3.60. The first-order valence-electron chi connectivity index (χ1n) is 8.06. The normalized spacial score (nSPS) is 17.2. The van der Waals surface area contributed by atoms with E-state index >= 15 is 0 Å². The van der Waals surface area contributed by atoms with E-state index in [1.165, 1.54) is 11.3 Å². The molecule has 3 rings (SSSR count). The molecule has 5 nitrogen and oxygen atoms in total. The molecule has 0 bridgehead atoms. The van der Waals surface area contributed by atoms with E-state index < -0.39 is 0 Å². The van der Waals surface area contributed by atoms with Crippen LogP contribution in [-0.2, 0) is 0 Å². The van der Waals surface area contributed by atoms with Crippen LogP contribution < -0.4 is 31.7 Å². The summed E-state index contributed by atoms with van der Waals surface area (Å²) in [5, 5.41) is 8.95. The molecule has 0 aliphatic carbocycles. The zero-order valence-electron chi connectivity index (χ0n) is 13.5. The summed E-state index contributed by atoms with van der Waals surface area (Å²) < 4.78 is 0. The maximum absolute atomic E-state index is 11.5. The van der Waals surface area contributed by atoms with Crippen molar-refractivity contribution >= 4 is 29.3 Å². The number of aromatic nitrogens is 1. The standard InChI is InChI=1S/C18H22N4OS/c1-2-3-12-8-13(17-11-21-18(23)24-17)9-16(15(12)10-19)22-14-4-6-20-7-5-14/h2-3,8-11,14,20,22H,1,4-7,19H2,(H,21,23)/b12-3-,15-10+. The fraction of sp³-hybridized carbons (Fsp3) is 0.278. The molecule has 0 atom stereocenters. The molecule has 1 aliphatic heterocycles. The lowest BCUT2D eigenvalue weighted by Crippen LogP contribution is -2.38. The molecule has 2 aromatic rings. The van der Waals surface area contributed by atoms with Crippen LogP contribution in [0.2, 0.25) is 0 Å². The summed E-state index contributed by atoms with van der Waals surface area (Å²) in [4.78, 5) is 15.1. The highest BCUT2D eigenvalue weighted by molar-refractivity contribution is 7.12. The second-order valence-corrected chi connectivity index (χ2v) is 6.82. The van der Waals surface area contributed by atoms with Crippen LogP contribution in [0.1, 0.15) is 12.8 Å². The van der Waals surface area contributed by atoms with Crippen LogP contribution in [0, 0.1) is 0 Å². The first-order chi connectivity index (χ1) is 11.7. The Morgan fingerprint density at radius 2 is 2.12 bits per heavy atom. The summed E-state index contributed by atoms with van der Waals surface area (Å²) in [5.41, 5.74) is 7.88. The van der Waals surface area contributed by atoms with Crippen LogP contribution in [0.15, 0.2) is 35.8 Å². The smallest absolute Gasteiger partial charge is 0.305 e. The summed E-state index contributed by atoms with van der Waals surface area (Å²) in [6.45, 7) is 5.83. The largest absolute Gasteiger partial charge is 0.404 e. The van der Waals surface area contributed by atoms with Gasteiger partial charge in [-0.05, 0) is 48.8 Å². The van der Waals surface area contributed by atoms with Crippen LogP contribution in [0.3, 0.4) is 0 Å². The van der Waals surface area contributed by atoms with Crippen LogP contribution in [0.25, 0.3) is 22.7 Å². The number of nitrogens with one attached hydrogen (secondary N) is 3. The predicted octanol–water partition coefficient (Wildman–Crippen LogP) is 0.930. The number of hydrogen-bond acceptors (Lipinski definition) is 5. The minimum Gasteiger partial charge on any atom is -0.404 e. The Labute approximate surface area is 144 Å². The number of allylic oxidation sites excluding steroid dienone is 1. The summed E-state index contributed by atoms with van der Waals surface area (Å²) in [6.07, 6.45) is 9.21. The molecule has 1 aromatic carbocycles. The molecule has 0 amide bonds. The number of hydrogen-bond donors (Lipinski definition) is 4. The third-order valence-electron chi connectivity index (χ3n) is 4.18. The highest BCUT2D eigenvalue weighted by Crippen LogP contribution is 2.22. The average molecular weight is 342 g/mol. The van der Waals surface area contributed by atoms with Gasteiger partial charge in [0.1, 0.15) is 0 Å². The highest BCUT2D eigenvalue weighted by atomic mass is 32.1. The molecule has 6 heteroatoms. The molecule has 0 radical (unpaired) electrons. The van der Waals surface area contributed by atoms with Gasteiger partial charge in [0.25, 0.3) is 0 Å². The van der Waals surface area contributed by atoms with E-state index in [1.807, 2.05) is 12.1 Å². The molecule has 0 unspecified atom stereocenters. The van der Waals surface area contributed by atoms with E-state index in [0.717, 1.165) is 52.5 Å². The van der Waals surface area contributed by atoms with Gasteiger partial charge in [0.15, 0.2) is 0 Å². The average Bonchev–Trinajstić information content (AvgIpc) is 3.02. The van der Waals surface area contributed by atoms with Crippen molar-refractivity contribution in [3.05, 3.63) is 51.1 Å². The minimum atomic E-state index is -0.0541. The lowest BCUT2D eigenvalue weighted by molar-refractivity contribution is 0.479. The van der Waals surface area contributed by atoms with Crippen molar-refractivity contribution in [3.8, 4) is 10.4 Å². The lowest BCUT2D eigenvalue weighted by Gasteiger charge is -2.25. The Balaban J connectivity index is 2.10. The Bertz CT molecular complexity index is 890. The van der Waals surface area contributed by atoms with Gasteiger partial charge in [0, 0.05) is 29.3 Å². The number of anilines is 1. The van der Waals surface area contributed by atoms with E-state index in [1.54, 1.807) is 18.5 Å². The number of aromatic amines is 1. The molecule has 126 valence electrons. The van der Waals surface area contributed by atoms with E-state index in [4.69, 9.17) is 5.73 Å². The van der Waals surface area contributed by atoms with Crippen molar-refractivity contribution in [1.29, 1.82) is 0 Å². The second kappa shape index (κ2) is 7.51. The van der Waals surface area contributed by atoms with Gasteiger partial charge in [-0.15, -0.1) is 0 Å². The molecule has 2 heterocycles. The highest BCUT2D eigenvalue weighted by Gasteiger charge is 2.14. The fourth-order valence-electron chi connectivity index (χ4n) is 3.00. The number of H-pyrrole nitrogens is 1. The van der Waals surface area contributed by atoms with Crippen molar-refractivity contribution in [2.75, 3.05) is 18.4 Å².